The van der Waals surface area contributed by atoms with Crippen LogP contribution in [0, 0.1) is 5.92 Å². The molecule has 0 radical (unpaired) electrons. The van der Waals surface area contributed by atoms with E-state index in [4.69, 9.17) is 4.42 Å². The van der Waals surface area contributed by atoms with Crippen molar-refractivity contribution in [3.8, 4) is 0 Å². The molecule has 1 aromatic heterocycles. The first kappa shape index (κ1) is 13.1. The number of piperidine rings is 1. The van der Waals surface area contributed by atoms with Crippen molar-refractivity contribution >= 4 is 11.8 Å². The number of rotatable bonds is 1. The van der Waals surface area contributed by atoms with Gasteiger partial charge in [-0.1, -0.05) is 0 Å². The lowest BCUT2D eigenvalue weighted by Crippen LogP contribution is -2.51. The smallest absolute Gasteiger partial charge is 0.291 e. The molecule has 0 N–H and O–H groups in total. The molecule has 2 aliphatic rings. The van der Waals surface area contributed by atoms with E-state index in [1.807, 2.05) is 16.8 Å². The second kappa shape index (κ2) is 5.26. The number of amides is 2. The van der Waals surface area contributed by atoms with Crippen LogP contribution in [-0.2, 0) is 4.79 Å². The van der Waals surface area contributed by atoms with Crippen molar-refractivity contribution < 1.29 is 14.0 Å². The zero-order valence-electron chi connectivity index (χ0n) is 11.6. The molecule has 2 amide bonds. The summed E-state index contributed by atoms with van der Waals surface area (Å²) in [5, 5.41) is 0. The summed E-state index contributed by atoms with van der Waals surface area (Å²) in [6, 6.07) is 0.267. The standard InChI is InChI=1S/C14H19N3O3/c1-16-11-5-6-17(14(19)12-7-15-9-20-12)8-10(11)3-2-4-13(16)18/h7,9-11H,2-6,8H2,1H3/t10-,11+/m0/s1. The van der Waals surface area contributed by atoms with Gasteiger partial charge in [0.15, 0.2) is 6.39 Å². The number of likely N-dealkylation sites (tertiary alicyclic amines) is 2. The minimum atomic E-state index is -0.0980. The third-order valence-corrected chi connectivity index (χ3v) is 4.48. The Hall–Kier alpha value is -1.85. The van der Waals surface area contributed by atoms with Gasteiger partial charge in [0.1, 0.15) is 0 Å². The molecular weight excluding hydrogens is 258 g/mol. The van der Waals surface area contributed by atoms with Gasteiger partial charge in [0, 0.05) is 32.6 Å². The van der Waals surface area contributed by atoms with E-state index >= 15 is 0 Å². The van der Waals surface area contributed by atoms with Crippen molar-refractivity contribution in [1.29, 1.82) is 0 Å². The summed E-state index contributed by atoms with van der Waals surface area (Å²) in [5.41, 5.74) is 0. The van der Waals surface area contributed by atoms with Crippen molar-refractivity contribution in [3.63, 3.8) is 0 Å². The molecule has 3 rings (SSSR count). The van der Waals surface area contributed by atoms with Gasteiger partial charge in [-0.15, -0.1) is 0 Å². The average molecular weight is 277 g/mol. The van der Waals surface area contributed by atoms with E-state index in [0.29, 0.717) is 31.2 Å². The molecular formula is C14H19N3O3. The highest BCUT2D eigenvalue weighted by Gasteiger charge is 2.37. The second-order valence-electron chi connectivity index (χ2n) is 5.63. The van der Waals surface area contributed by atoms with E-state index in [2.05, 4.69) is 4.98 Å². The summed E-state index contributed by atoms with van der Waals surface area (Å²) in [6.07, 6.45) is 6.11. The monoisotopic (exact) mass is 277 g/mol. The number of carbonyl (C=O) groups is 2. The Kier molecular flexibility index (Phi) is 3.46. The molecule has 0 saturated carbocycles. The van der Waals surface area contributed by atoms with Crippen LogP contribution < -0.4 is 0 Å². The molecule has 3 heterocycles. The Balaban J connectivity index is 1.72. The van der Waals surface area contributed by atoms with Crippen molar-refractivity contribution in [2.24, 2.45) is 5.92 Å². The summed E-state index contributed by atoms with van der Waals surface area (Å²) in [6.45, 7) is 1.36. The average Bonchev–Trinajstić information content (AvgIpc) is 2.95. The maximum absolute atomic E-state index is 12.3. The number of fused-ring (bicyclic) bond motifs is 1. The first-order valence-electron chi connectivity index (χ1n) is 7.10. The Labute approximate surface area is 117 Å². The summed E-state index contributed by atoms with van der Waals surface area (Å²) in [7, 11) is 1.89. The number of hydrogen-bond donors (Lipinski definition) is 0. The van der Waals surface area contributed by atoms with Gasteiger partial charge >= 0.3 is 0 Å². The predicted octanol–water partition coefficient (Wildman–Crippen LogP) is 1.15. The van der Waals surface area contributed by atoms with Crippen LogP contribution in [-0.4, -0.2) is 52.8 Å². The summed E-state index contributed by atoms with van der Waals surface area (Å²) in [4.78, 5) is 31.7. The van der Waals surface area contributed by atoms with Crippen LogP contribution in [0.15, 0.2) is 17.0 Å². The van der Waals surface area contributed by atoms with Gasteiger partial charge in [0.05, 0.1) is 6.20 Å². The van der Waals surface area contributed by atoms with E-state index in [0.717, 1.165) is 19.3 Å². The van der Waals surface area contributed by atoms with Gasteiger partial charge < -0.3 is 14.2 Å². The maximum Gasteiger partial charge on any atom is 0.291 e. The molecule has 108 valence electrons. The molecule has 0 unspecified atom stereocenters. The van der Waals surface area contributed by atoms with Gasteiger partial charge in [-0.3, -0.25) is 9.59 Å². The summed E-state index contributed by atoms with van der Waals surface area (Å²) in [5.74, 6) is 0.792. The van der Waals surface area contributed by atoms with Crippen LogP contribution in [0.1, 0.15) is 36.2 Å². The quantitative estimate of drug-likeness (QED) is 0.772. The molecule has 0 spiro atoms. The van der Waals surface area contributed by atoms with Crippen LogP contribution in [0.2, 0.25) is 0 Å². The molecule has 6 nitrogen and oxygen atoms in total. The topological polar surface area (TPSA) is 66.7 Å². The van der Waals surface area contributed by atoms with Gasteiger partial charge in [-0.2, -0.15) is 0 Å². The molecule has 2 aliphatic heterocycles. The Bertz CT molecular complexity index is 500. The van der Waals surface area contributed by atoms with E-state index in [1.165, 1.54) is 12.6 Å². The van der Waals surface area contributed by atoms with E-state index < -0.39 is 0 Å². The normalized spacial score (nSPS) is 27.1. The van der Waals surface area contributed by atoms with Crippen molar-refractivity contribution in [2.45, 2.75) is 31.7 Å². The van der Waals surface area contributed by atoms with Crippen LogP contribution in [0.5, 0.6) is 0 Å². The van der Waals surface area contributed by atoms with Gasteiger partial charge in [-0.05, 0) is 25.2 Å². The lowest BCUT2D eigenvalue weighted by atomic mass is 9.88. The van der Waals surface area contributed by atoms with E-state index in [9.17, 15) is 9.59 Å². The molecule has 1 aromatic rings. The third-order valence-electron chi connectivity index (χ3n) is 4.48. The van der Waals surface area contributed by atoms with Gasteiger partial charge in [0.2, 0.25) is 11.7 Å². The molecule has 20 heavy (non-hydrogen) atoms. The Morgan fingerprint density at radius 1 is 1.45 bits per heavy atom. The van der Waals surface area contributed by atoms with Crippen molar-refractivity contribution in [3.05, 3.63) is 18.4 Å². The Morgan fingerprint density at radius 2 is 2.30 bits per heavy atom. The predicted molar refractivity (Wildman–Crippen MR) is 70.9 cm³/mol. The molecule has 2 fully saturated rings. The van der Waals surface area contributed by atoms with Crippen LogP contribution in [0.4, 0.5) is 0 Å². The molecule has 0 bridgehead atoms. The van der Waals surface area contributed by atoms with E-state index in [-0.39, 0.29) is 17.9 Å². The summed E-state index contributed by atoms with van der Waals surface area (Å²) < 4.78 is 5.08. The molecule has 6 heteroatoms. The molecule has 2 saturated heterocycles. The number of hydrogen-bond acceptors (Lipinski definition) is 4. The van der Waals surface area contributed by atoms with Crippen LogP contribution in [0.25, 0.3) is 0 Å². The SMILES string of the molecule is CN1C(=O)CCC[C@H]2CN(C(=O)c3cnco3)CC[C@H]21. The van der Waals surface area contributed by atoms with Crippen molar-refractivity contribution in [1.82, 2.24) is 14.8 Å². The highest BCUT2D eigenvalue weighted by Crippen LogP contribution is 2.30. The van der Waals surface area contributed by atoms with Gasteiger partial charge in [0.25, 0.3) is 5.91 Å². The number of oxazole rings is 1. The zero-order chi connectivity index (χ0) is 14.1. The Morgan fingerprint density at radius 3 is 3.05 bits per heavy atom. The fraction of sp³-hybridized carbons (Fsp3) is 0.643. The number of aromatic nitrogens is 1. The van der Waals surface area contributed by atoms with Crippen LogP contribution >= 0.6 is 0 Å². The fourth-order valence-corrected chi connectivity index (χ4v) is 3.35. The molecule has 0 aliphatic carbocycles. The molecule has 0 aromatic carbocycles. The first-order chi connectivity index (χ1) is 9.66. The molecule has 2 atom stereocenters. The van der Waals surface area contributed by atoms with Crippen LogP contribution in [0.3, 0.4) is 0 Å². The highest BCUT2D eigenvalue weighted by molar-refractivity contribution is 5.91. The highest BCUT2D eigenvalue weighted by atomic mass is 16.3. The first-order valence-corrected chi connectivity index (χ1v) is 7.10. The minimum absolute atomic E-state index is 0.0980. The fourth-order valence-electron chi connectivity index (χ4n) is 3.35. The van der Waals surface area contributed by atoms with Gasteiger partial charge in [-0.25, -0.2) is 4.98 Å². The second-order valence-corrected chi connectivity index (χ2v) is 5.63. The third kappa shape index (κ3) is 2.30. The number of nitrogens with zero attached hydrogens (tertiary/aromatic N) is 3. The zero-order valence-corrected chi connectivity index (χ0v) is 11.6. The lowest BCUT2D eigenvalue weighted by molar-refractivity contribution is -0.132. The van der Waals surface area contributed by atoms with E-state index in [1.54, 1.807) is 0 Å². The number of carbonyl (C=O) groups excluding carboxylic acids is 2. The maximum atomic E-state index is 12.3. The minimum Gasteiger partial charge on any atom is -0.438 e. The lowest BCUT2D eigenvalue weighted by Gasteiger charge is -2.41. The summed E-state index contributed by atoms with van der Waals surface area (Å²) >= 11 is 0. The largest absolute Gasteiger partial charge is 0.438 e. The van der Waals surface area contributed by atoms with Crippen molar-refractivity contribution in [2.75, 3.05) is 20.1 Å².